The number of benzene rings is 1. The van der Waals surface area contributed by atoms with Crippen molar-refractivity contribution in [3.05, 3.63) is 48.1 Å². The Kier molecular flexibility index (Phi) is 3.72. The molecule has 0 aliphatic heterocycles. The van der Waals surface area contributed by atoms with Gasteiger partial charge in [0, 0.05) is 0 Å². The fourth-order valence-electron chi connectivity index (χ4n) is 1.55. The number of phenols is 1. The van der Waals surface area contributed by atoms with Gasteiger partial charge in [0.1, 0.15) is 11.3 Å². The van der Waals surface area contributed by atoms with Gasteiger partial charge in [0.2, 0.25) is 0 Å². The minimum Gasteiger partial charge on any atom is -0.507 e. The molecule has 0 spiro atoms. The summed E-state index contributed by atoms with van der Waals surface area (Å²) in [6, 6.07) is 2.83. The third kappa shape index (κ3) is 3.23. The van der Waals surface area contributed by atoms with Crippen molar-refractivity contribution in [2.75, 3.05) is 0 Å². The number of carbonyl (C=O) groups is 2. The van der Waals surface area contributed by atoms with Crippen molar-refractivity contribution >= 4 is 27.5 Å². The zero-order valence-electron chi connectivity index (χ0n) is 10.4. The summed E-state index contributed by atoms with van der Waals surface area (Å²) in [5, 5.41) is 18.2. The van der Waals surface area contributed by atoms with Gasteiger partial charge in [-0.2, -0.15) is 12.8 Å². The maximum absolute atomic E-state index is 12.1. The standard InChI is InChI=1S/C13H9NO6S/c15-9-3-1-8(2-4-9)14-21(19,20)10-5-6-12(16)11(7-10)13(17)18/h1-7,16H,(H,17,18). The summed E-state index contributed by atoms with van der Waals surface area (Å²) < 4.78 is 27.6. The molecule has 2 N–H and O–H groups in total. The molecule has 0 radical (unpaired) electrons. The number of ketones is 1. The van der Waals surface area contributed by atoms with E-state index in [1.54, 1.807) is 0 Å². The van der Waals surface area contributed by atoms with E-state index in [1.807, 2.05) is 0 Å². The van der Waals surface area contributed by atoms with Gasteiger partial charge < -0.3 is 10.2 Å². The van der Waals surface area contributed by atoms with E-state index in [2.05, 4.69) is 4.40 Å². The molecule has 0 aromatic heterocycles. The van der Waals surface area contributed by atoms with Crippen molar-refractivity contribution in [3.63, 3.8) is 0 Å². The monoisotopic (exact) mass is 307 g/mol. The first-order chi connectivity index (χ1) is 9.79. The van der Waals surface area contributed by atoms with Crippen molar-refractivity contribution in [1.82, 2.24) is 0 Å². The van der Waals surface area contributed by atoms with Gasteiger partial charge in [-0.25, -0.2) is 4.79 Å². The van der Waals surface area contributed by atoms with Gasteiger partial charge in [-0.05, 0) is 42.5 Å². The summed E-state index contributed by atoms with van der Waals surface area (Å²) in [7, 11) is -4.15. The largest absolute Gasteiger partial charge is 0.507 e. The van der Waals surface area contributed by atoms with Crippen LogP contribution in [0.3, 0.4) is 0 Å². The van der Waals surface area contributed by atoms with E-state index in [0.29, 0.717) is 0 Å². The number of aromatic hydroxyl groups is 1. The highest BCUT2D eigenvalue weighted by atomic mass is 32.2. The zero-order chi connectivity index (χ0) is 15.6. The first-order valence-corrected chi connectivity index (χ1v) is 7.05. The van der Waals surface area contributed by atoms with Gasteiger partial charge >= 0.3 is 5.97 Å². The summed E-state index contributed by atoms with van der Waals surface area (Å²) in [4.78, 5) is 21.4. The smallest absolute Gasteiger partial charge is 0.339 e. The predicted octanol–water partition coefficient (Wildman–Crippen LogP) is 0.915. The van der Waals surface area contributed by atoms with E-state index in [0.717, 1.165) is 30.4 Å². The molecule has 0 fully saturated rings. The highest BCUT2D eigenvalue weighted by Gasteiger charge is 2.18. The number of sulfonamides is 1. The molecule has 0 saturated heterocycles. The van der Waals surface area contributed by atoms with Crippen molar-refractivity contribution < 1.29 is 28.2 Å². The van der Waals surface area contributed by atoms with Crippen molar-refractivity contribution in [1.29, 1.82) is 0 Å². The highest BCUT2D eigenvalue weighted by Crippen LogP contribution is 2.22. The highest BCUT2D eigenvalue weighted by molar-refractivity contribution is 7.90. The van der Waals surface area contributed by atoms with Crippen molar-refractivity contribution in [2.24, 2.45) is 4.40 Å². The SMILES string of the molecule is O=C1C=CC(=NS(=O)(=O)c2ccc(O)c(C(=O)O)c2)C=C1. The molecule has 1 aromatic carbocycles. The number of carbonyl (C=O) groups excluding carboxylic acids is 1. The van der Waals surface area contributed by atoms with Crippen molar-refractivity contribution in [3.8, 4) is 5.75 Å². The second-order valence-electron chi connectivity index (χ2n) is 4.04. The van der Waals surface area contributed by atoms with Crippen LogP contribution in [-0.2, 0) is 14.8 Å². The third-order valence-corrected chi connectivity index (χ3v) is 3.86. The number of hydrogen-bond acceptors (Lipinski definition) is 5. The fourth-order valence-corrected chi connectivity index (χ4v) is 2.56. The van der Waals surface area contributed by atoms with Gasteiger partial charge in [-0.3, -0.25) is 4.79 Å². The molecule has 1 aliphatic carbocycles. The second-order valence-corrected chi connectivity index (χ2v) is 5.65. The average Bonchev–Trinajstić information content (AvgIpc) is 2.41. The van der Waals surface area contributed by atoms with E-state index in [9.17, 15) is 23.1 Å². The van der Waals surface area contributed by atoms with E-state index >= 15 is 0 Å². The summed E-state index contributed by atoms with van der Waals surface area (Å²) in [6.45, 7) is 0. The predicted molar refractivity (Wildman–Crippen MR) is 73.0 cm³/mol. The molecule has 0 unspecified atom stereocenters. The van der Waals surface area contributed by atoms with Crippen LogP contribution in [0, 0.1) is 0 Å². The van der Waals surface area contributed by atoms with E-state index in [4.69, 9.17) is 5.11 Å². The summed E-state index contributed by atoms with van der Waals surface area (Å²) in [6.07, 6.45) is 4.79. The minimum atomic E-state index is -4.15. The molecule has 8 heteroatoms. The molecule has 0 heterocycles. The quantitative estimate of drug-likeness (QED) is 0.801. The first kappa shape index (κ1) is 14.7. The van der Waals surface area contributed by atoms with Crippen LogP contribution in [0.1, 0.15) is 10.4 Å². The Balaban J connectivity index is 2.46. The molecule has 21 heavy (non-hydrogen) atoms. The Morgan fingerprint density at radius 3 is 2.29 bits per heavy atom. The van der Waals surface area contributed by atoms with E-state index < -0.39 is 27.3 Å². The van der Waals surface area contributed by atoms with Crippen LogP contribution in [0.25, 0.3) is 0 Å². The lowest BCUT2D eigenvalue weighted by atomic mass is 10.2. The first-order valence-electron chi connectivity index (χ1n) is 5.61. The van der Waals surface area contributed by atoms with Crippen LogP contribution in [0.5, 0.6) is 5.75 Å². The normalized spacial score (nSPS) is 14.3. The summed E-state index contributed by atoms with van der Waals surface area (Å²) >= 11 is 0. The maximum atomic E-state index is 12.1. The molecule has 1 aromatic rings. The summed E-state index contributed by atoms with van der Waals surface area (Å²) in [5.74, 6) is -2.29. The summed E-state index contributed by atoms with van der Waals surface area (Å²) in [5.41, 5.74) is -0.499. The number of carboxylic acid groups (broad SMARTS) is 1. The van der Waals surface area contributed by atoms with Gasteiger partial charge in [-0.15, -0.1) is 0 Å². The van der Waals surface area contributed by atoms with Gasteiger partial charge in [-0.1, -0.05) is 0 Å². The third-order valence-electron chi connectivity index (χ3n) is 2.56. The van der Waals surface area contributed by atoms with Gasteiger partial charge in [0.15, 0.2) is 5.78 Å². The molecule has 7 nitrogen and oxygen atoms in total. The van der Waals surface area contributed by atoms with Crippen LogP contribution < -0.4 is 0 Å². The molecular formula is C13H9NO6S. The molecule has 108 valence electrons. The van der Waals surface area contributed by atoms with Gasteiger partial charge in [0.05, 0.1) is 10.6 Å². The van der Waals surface area contributed by atoms with Gasteiger partial charge in [0.25, 0.3) is 10.0 Å². The maximum Gasteiger partial charge on any atom is 0.339 e. The number of rotatable bonds is 3. The Hall–Kier alpha value is -2.74. The number of aromatic carboxylic acids is 1. The molecular weight excluding hydrogens is 298 g/mol. The Morgan fingerprint density at radius 2 is 1.71 bits per heavy atom. The average molecular weight is 307 g/mol. The Morgan fingerprint density at radius 1 is 1.10 bits per heavy atom. The number of nitrogens with zero attached hydrogens (tertiary/aromatic N) is 1. The number of carboxylic acids is 1. The number of hydrogen-bond donors (Lipinski definition) is 2. The topological polar surface area (TPSA) is 121 Å². The van der Waals surface area contributed by atoms with Crippen LogP contribution in [-0.4, -0.2) is 36.1 Å². The fraction of sp³-hybridized carbons (Fsp3) is 0. The molecule has 1 aliphatic rings. The Bertz CT molecular complexity index is 799. The molecule has 0 saturated carbocycles. The second kappa shape index (κ2) is 5.33. The van der Waals surface area contributed by atoms with Crippen LogP contribution in [0.15, 0.2) is 51.8 Å². The van der Waals surface area contributed by atoms with E-state index in [1.165, 1.54) is 12.2 Å². The van der Waals surface area contributed by atoms with E-state index in [-0.39, 0.29) is 16.4 Å². The molecule has 0 amide bonds. The zero-order valence-corrected chi connectivity index (χ0v) is 11.2. The Labute approximate surface area is 119 Å². The van der Waals surface area contributed by atoms with Crippen LogP contribution in [0.4, 0.5) is 0 Å². The number of allylic oxidation sites excluding steroid dienone is 4. The lowest BCUT2D eigenvalue weighted by Crippen LogP contribution is -2.06. The lowest BCUT2D eigenvalue weighted by Gasteiger charge is -2.04. The molecule has 0 atom stereocenters. The van der Waals surface area contributed by atoms with Crippen molar-refractivity contribution in [2.45, 2.75) is 4.90 Å². The lowest BCUT2D eigenvalue weighted by molar-refractivity contribution is -0.110. The minimum absolute atomic E-state index is 0.0413. The van der Waals surface area contributed by atoms with Crippen LogP contribution in [0.2, 0.25) is 0 Å². The molecule has 0 bridgehead atoms. The molecule has 2 rings (SSSR count). The van der Waals surface area contributed by atoms with Crippen LogP contribution >= 0.6 is 0 Å².